The zero-order valence-electron chi connectivity index (χ0n) is 15.4. The van der Waals surface area contributed by atoms with Gasteiger partial charge >= 0.3 is 0 Å². The van der Waals surface area contributed by atoms with Crippen molar-refractivity contribution in [2.24, 2.45) is 0 Å². The van der Waals surface area contributed by atoms with Crippen molar-refractivity contribution in [1.29, 1.82) is 0 Å². The quantitative estimate of drug-likeness (QED) is 0.917. The fourth-order valence-electron chi connectivity index (χ4n) is 3.27. The lowest BCUT2D eigenvalue weighted by Crippen LogP contribution is -2.35. The number of ether oxygens (including phenoxy) is 1. The van der Waals surface area contributed by atoms with E-state index in [4.69, 9.17) is 4.74 Å². The molecule has 0 unspecified atom stereocenters. The molecule has 2 aromatic rings. The van der Waals surface area contributed by atoms with Crippen LogP contribution < -0.4 is 4.74 Å². The summed E-state index contributed by atoms with van der Waals surface area (Å²) in [6.07, 6.45) is 0.925. The first-order valence-electron chi connectivity index (χ1n) is 9.01. The molecular weight excluding hydrogens is 328 g/mol. The van der Waals surface area contributed by atoms with Gasteiger partial charge in [0.15, 0.2) is 0 Å². The second-order valence-corrected chi connectivity index (χ2v) is 6.79. The van der Waals surface area contributed by atoms with Crippen LogP contribution in [0.4, 0.5) is 0 Å². The lowest BCUT2D eigenvalue weighted by Gasteiger charge is -2.22. The summed E-state index contributed by atoms with van der Waals surface area (Å²) >= 11 is 0. The Morgan fingerprint density at radius 1 is 1.08 bits per heavy atom. The highest BCUT2D eigenvalue weighted by Gasteiger charge is 2.22. The van der Waals surface area contributed by atoms with Crippen molar-refractivity contribution in [3.05, 3.63) is 59.2 Å². The molecule has 1 fully saturated rings. The zero-order valence-corrected chi connectivity index (χ0v) is 15.4. The van der Waals surface area contributed by atoms with Gasteiger partial charge in [-0.05, 0) is 31.0 Å². The number of aromatic hydroxyl groups is 1. The Kier molecular flexibility index (Phi) is 5.78. The topological polar surface area (TPSA) is 53.0 Å². The fraction of sp³-hybridized carbons (Fsp3) is 0.381. The second kappa shape index (κ2) is 8.23. The van der Waals surface area contributed by atoms with Crippen LogP contribution in [0.1, 0.15) is 27.9 Å². The van der Waals surface area contributed by atoms with Gasteiger partial charge in [-0.2, -0.15) is 0 Å². The van der Waals surface area contributed by atoms with E-state index < -0.39 is 0 Å². The average molecular weight is 354 g/mol. The SMILES string of the molecule is COc1ccc(C(=O)N2CCCN(Cc3ccc(C)cc3)CC2)c(O)c1. The molecule has 0 radical (unpaired) electrons. The molecule has 3 rings (SSSR count). The van der Waals surface area contributed by atoms with Gasteiger partial charge in [-0.3, -0.25) is 9.69 Å². The molecule has 1 saturated heterocycles. The molecular formula is C21H26N2O3. The number of nitrogens with zero attached hydrogens (tertiary/aromatic N) is 2. The maximum Gasteiger partial charge on any atom is 0.257 e. The molecule has 1 amide bonds. The van der Waals surface area contributed by atoms with Gasteiger partial charge < -0.3 is 14.7 Å². The maximum atomic E-state index is 12.8. The highest BCUT2D eigenvalue weighted by molar-refractivity contribution is 5.97. The molecule has 0 aromatic heterocycles. The molecule has 26 heavy (non-hydrogen) atoms. The summed E-state index contributed by atoms with van der Waals surface area (Å²) in [4.78, 5) is 17.0. The van der Waals surface area contributed by atoms with Gasteiger partial charge in [0.25, 0.3) is 5.91 Å². The van der Waals surface area contributed by atoms with Crippen LogP contribution in [0.15, 0.2) is 42.5 Å². The van der Waals surface area contributed by atoms with Crippen LogP contribution in [-0.4, -0.2) is 54.1 Å². The lowest BCUT2D eigenvalue weighted by molar-refractivity contribution is 0.0758. The normalized spacial score (nSPS) is 15.5. The third kappa shape index (κ3) is 4.35. The van der Waals surface area contributed by atoms with E-state index in [2.05, 4.69) is 36.1 Å². The van der Waals surface area contributed by atoms with Crippen molar-refractivity contribution in [3.8, 4) is 11.5 Å². The van der Waals surface area contributed by atoms with Crippen molar-refractivity contribution in [2.75, 3.05) is 33.3 Å². The monoisotopic (exact) mass is 354 g/mol. The lowest BCUT2D eigenvalue weighted by atomic mass is 10.1. The van der Waals surface area contributed by atoms with Crippen LogP contribution in [0.25, 0.3) is 0 Å². The summed E-state index contributed by atoms with van der Waals surface area (Å²) < 4.78 is 5.08. The molecule has 5 heteroatoms. The Morgan fingerprint density at radius 3 is 2.54 bits per heavy atom. The summed E-state index contributed by atoms with van der Waals surface area (Å²) in [5.41, 5.74) is 2.89. The number of rotatable bonds is 4. The van der Waals surface area contributed by atoms with Gasteiger partial charge in [-0.15, -0.1) is 0 Å². The van der Waals surface area contributed by atoms with E-state index in [1.54, 1.807) is 12.1 Å². The van der Waals surface area contributed by atoms with Crippen molar-refractivity contribution in [1.82, 2.24) is 9.80 Å². The van der Waals surface area contributed by atoms with Crippen molar-refractivity contribution in [2.45, 2.75) is 19.9 Å². The van der Waals surface area contributed by atoms with Gasteiger partial charge in [-0.25, -0.2) is 0 Å². The molecule has 0 spiro atoms. The number of benzene rings is 2. The smallest absolute Gasteiger partial charge is 0.257 e. The molecule has 1 heterocycles. The predicted molar refractivity (Wildman–Crippen MR) is 102 cm³/mol. The summed E-state index contributed by atoms with van der Waals surface area (Å²) in [7, 11) is 1.54. The van der Waals surface area contributed by atoms with Gasteiger partial charge in [0.2, 0.25) is 0 Å². The summed E-state index contributed by atoms with van der Waals surface area (Å²) in [6.45, 7) is 6.15. The van der Waals surface area contributed by atoms with E-state index >= 15 is 0 Å². The number of methoxy groups -OCH3 is 1. The number of phenolic OH excluding ortho intramolecular Hbond substituents is 1. The molecule has 0 bridgehead atoms. The summed E-state index contributed by atoms with van der Waals surface area (Å²) in [5.74, 6) is 0.386. The average Bonchev–Trinajstić information content (AvgIpc) is 2.88. The van der Waals surface area contributed by atoms with Gasteiger partial charge in [0, 0.05) is 38.8 Å². The molecule has 0 aliphatic carbocycles. The first-order valence-corrected chi connectivity index (χ1v) is 9.01. The zero-order chi connectivity index (χ0) is 18.5. The number of carbonyl (C=O) groups is 1. The number of hydrogen-bond donors (Lipinski definition) is 1. The van der Waals surface area contributed by atoms with E-state index in [-0.39, 0.29) is 11.7 Å². The van der Waals surface area contributed by atoms with Crippen LogP contribution >= 0.6 is 0 Å². The Morgan fingerprint density at radius 2 is 1.85 bits per heavy atom. The van der Waals surface area contributed by atoms with Crippen LogP contribution in [-0.2, 0) is 6.54 Å². The van der Waals surface area contributed by atoms with E-state index in [1.807, 2.05) is 4.90 Å². The van der Waals surface area contributed by atoms with Crippen molar-refractivity contribution in [3.63, 3.8) is 0 Å². The Labute approximate surface area is 154 Å². The minimum absolute atomic E-state index is 0.0323. The van der Waals surface area contributed by atoms with Crippen LogP contribution in [0.5, 0.6) is 11.5 Å². The minimum atomic E-state index is -0.123. The number of hydrogen-bond acceptors (Lipinski definition) is 4. The van der Waals surface area contributed by atoms with Crippen molar-refractivity contribution >= 4 is 5.91 Å². The standard InChI is InChI=1S/C21H26N2O3/c1-16-4-6-17(7-5-16)15-22-10-3-11-23(13-12-22)21(25)19-9-8-18(26-2)14-20(19)24/h4-9,14,24H,3,10-13,15H2,1-2H3. The third-order valence-electron chi connectivity index (χ3n) is 4.84. The Hall–Kier alpha value is -2.53. The number of amides is 1. The summed E-state index contributed by atoms with van der Waals surface area (Å²) in [6, 6.07) is 13.4. The Balaban J connectivity index is 1.62. The van der Waals surface area contributed by atoms with Gasteiger partial charge in [0.1, 0.15) is 11.5 Å². The minimum Gasteiger partial charge on any atom is -0.507 e. The molecule has 1 aliphatic rings. The molecule has 2 aromatic carbocycles. The van der Waals surface area contributed by atoms with Gasteiger partial charge in [-0.1, -0.05) is 29.8 Å². The van der Waals surface area contributed by atoms with E-state index in [1.165, 1.54) is 24.3 Å². The largest absolute Gasteiger partial charge is 0.507 e. The molecule has 0 saturated carbocycles. The van der Waals surface area contributed by atoms with E-state index in [9.17, 15) is 9.90 Å². The highest BCUT2D eigenvalue weighted by Crippen LogP contribution is 2.25. The first kappa shape index (κ1) is 18.3. The molecule has 1 N–H and O–H groups in total. The Bertz CT molecular complexity index is 758. The maximum absolute atomic E-state index is 12.8. The second-order valence-electron chi connectivity index (χ2n) is 6.79. The first-order chi connectivity index (χ1) is 12.6. The highest BCUT2D eigenvalue weighted by atomic mass is 16.5. The van der Waals surface area contributed by atoms with Crippen molar-refractivity contribution < 1.29 is 14.6 Å². The molecule has 0 atom stereocenters. The summed E-state index contributed by atoms with van der Waals surface area (Å²) in [5, 5.41) is 10.1. The van der Waals surface area contributed by atoms with Crippen LogP contribution in [0.2, 0.25) is 0 Å². The molecule has 1 aliphatic heterocycles. The molecule has 138 valence electrons. The number of aryl methyl sites for hydroxylation is 1. The van der Waals surface area contributed by atoms with Crippen LogP contribution in [0, 0.1) is 6.92 Å². The molecule has 5 nitrogen and oxygen atoms in total. The van der Waals surface area contributed by atoms with E-state index in [0.717, 1.165) is 26.1 Å². The number of carbonyl (C=O) groups excluding carboxylic acids is 1. The fourth-order valence-corrected chi connectivity index (χ4v) is 3.27. The number of phenols is 1. The predicted octanol–water partition coefficient (Wildman–Crippen LogP) is 3.06. The van der Waals surface area contributed by atoms with Gasteiger partial charge in [0.05, 0.1) is 12.7 Å². The third-order valence-corrected chi connectivity index (χ3v) is 4.84. The van der Waals surface area contributed by atoms with E-state index in [0.29, 0.717) is 24.4 Å². The van der Waals surface area contributed by atoms with Crippen LogP contribution in [0.3, 0.4) is 0 Å².